The Hall–Kier alpha value is -1.13. The maximum Gasteiger partial charge on any atom is 0.137 e. The zero-order valence-corrected chi connectivity index (χ0v) is 12.8. The van der Waals surface area contributed by atoms with Gasteiger partial charge in [0.1, 0.15) is 17.3 Å². The molecule has 0 spiro atoms. The van der Waals surface area contributed by atoms with Gasteiger partial charge < -0.3 is 9.73 Å². The van der Waals surface area contributed by atoms with Crippen molar-refractivity contribution >= 4 is 15.9 Å². The minimum atomic E-state index is -0.238. The van der Waals surface area contributed by atoms with Crippen molar-refractivity contribution in [2.75, 3.05) is 0 Å². The molecule has 1 aromatic heterocycles. The summed E-state index contributed by atoms with van der Waals surface area (Å²) in [6, 6.07) is 7.30. The van der Waals surface area contributed by atoms with Crippen molar-refractivity contribution in [3.63, 3.8) is 0 Å². The summed E-state index contributed by atoms with van der Waals surface area (Å²) in [6.07, 6.45) is 0. The maximum absolute atomic E-state index is 13.1. The summed E-state index contributed by atoms with van der Waals surface area (Å²) in [6.45, 7) is 6.69. The van der Waals surface area contributed by atoms with Crippen molar-refractivity contribution in [2.45, 2.75) is 33.4 Å². The van der Waals surface area contributed by atoms with Crippen LogP contribution in [-0.4, -0.2) is 0 Å². The number of halogens is 2. The van der Waals surface area contributed by atoms with E-state index in [0.29, 0.717) is 11.0 Å². The van der Waals surface area contributed by atoms with Crippen molar-refractivity contribution in [1.29, 1.82) is 0 Å². The molecule has 0 fully saturated rings. The molecule has 1 atom stereocenters. The Morgan fingerprint density at radius 3 is 2.63 bits per heavy atom. The quantitative estimate of drug-likeness (QED) is 0.885. The van der Waals surface area contributed by atoms with Gasteiger partial charge in [-0.2, -0.15) is 0 Å². The standard InChI is InChI=1S/C15H17BrFNO/c1-9-6-13(11(3)19-9)10(2)18-8-12-4-5-15(17)14(16)7-12/h4-7,10,18H,8H2,1-3H3. The van der Waals surface area contributed by atoms with Crippen molar-refractivity contribution in [3.05, 3.63) is 57.2 Å². The molecule has 0 saturated heterocycles. The molecule has 0 aliphatic heterocycles. The van der Waals surface area contributed by atoms with Crippen molar-refractivity contribution in [1.82, 2.24) is 5.32 Å². The zero-order valence-electron chi connectivity index (χ0n) is 11.3. The van der Waals surface area contributed by atoms with Gasteiger partial charge in [0, 0.05) is 18.2 Å². The highest BCUT2D eigenvalue weighted by Crippen LogP contribution is 2.22. The molecule has 0 bridgehead atoms. The summed E-state index contributed by atoms with van der Waals surface area (Å²) >= 11 is 3.20. The molecule has 19 heavy (non-hydrogen) atoms. The van der Waals surface area contributed by atoms with E-state index in [1.807, 2.05) is 19.9 Å². The van der Waals surface area contributed by atoms with Crippen LogP contribution >= 0.6 is 15.9 Å². The molecule has 102 valence electrons. The van der Waals surface area contributed by atoms with Gasteiger partial charge in [0.2, 0.25) is 0 Å². The van der Waals surface area contributed by atoms with Gasteiger partial charge in [0.05, 0.1) is 4.47 Å². The summed E-state index contributed by atoms with van der Waals surface area (Å²) in [5.74, 6) is 1.63. The highest BCUT2D eigenvalue weighted by molar-refractivity contribution is 9.10. The smallest absolute Gasteiger partial charge is 0.137 e. The Kier molecular flexibility index (Phi) is 4.42. The first-order valence-electron chi connectivity index (χ1n) is 6.21. The summed E-state index contributed by atoms with van der Waals surface area (Å²) in [5, 5.41) is 3.41. The van der Waals surface area contributed by atoms with Gasteiger partial charge in [-0.05, 0) is 60.5 Å². The first-order chi connectivity index (χ1) is 8.97. The first-order valence-corrected chi connectivity index (χ1v) is 7.01. The minimum absolute atomic E-state index is 0.196. The van der Waals surface area contributed by atoms with Crippen LogP contribution in [0.3, 0.4) is 0 Å². The topological polar surface area (TPSA) is 25.2 Å². The van der Waals surface area contributed by atoms with Crippen LogP contribution in [-0.2, 0) is 6.54 Å². The summed E-state index contributed by atoms with van der Waals surface area (Å²) in [7, 11) is 0. The molecule has 0 aliphatic rings. The number of nitrogens with one attached hydrogen (secondary N) is 1. The maximum atomic E-state index is 13.1. The van der Waals surface area contributed by atoms with E-state index in [2.05, 4.69) is 28.2 Å². The van der Waals surface area contributed by atoms with E-state index >= 15 is 0 Å². The Labute approximate surface area is 121 Å². The van der Waals surface area contributed by atoms with E-state index in [-0.39, 0.29) is 11.9 Å². The molecular weight excluding hydrogens is 309 g/mol. The second-order valence-corrected chi connectivity index (χ2v) is 5.57. The first kappa shape index (κ1) is 14.3. The fourth-order valence-corrected chi connectivity index (χ4v) is 2.54. The second-order valence-electron chi connectivity index (χ2n) is 4.72. The zero-order chi connectivity index (χ0) is 14.0. The Bertz CT molecular complexity index is 580. The van der Waals surface area contributed by atoms with Gasteiger partial charge in [-0.15, -0.1) is 0 Å². The average molecular weight is 326 g/mol. The van der Waals surface area contributed by atoms with E-state index in [4.69, 9.17) is 4.42 Å². The van der Waals surface area contributed by atoms with Gasteiger partial charge in [0.15, 0.2) is 0 Å². The largest absolute Gasteiger partial charge is 0.466 e. The molecule has 0 saturated carbocycles. The van der Waals surface area contributed by atoms with Crippen molar-refractivity contribution < 1.29 is 8.81 Å². The van der Waals surface area contributed by atoms with Crippen LogP contribution in [0.4, 0.5) is 4.39 Å². The summed E-state index contributed by atoms with van der Waals surface area (Å²) < 4.78 is 19.2. The molecule has 1 N–H and O–H groups in total. The van der Waals surface area contributed by atoms with Crippen LogP contribution in [0.25, 0.3) is 0 Å². The van der Waals surface area contributed by atoms with E-state index in [9.17, 15) is 4.39 Å². The number of aryl methyl sites for hydroxylation is 2. The molecule has 2 rings (SSSR count). The second kappa shape index (κ2) is 5.88. The number of rotatable bonds is 4. The molecule has 1 unspecified atom stereocenters. The fraction of sp³-hybridized carbons (Fsp3) is 0.333. The van der Waals surface area contributed by atoms with Crippen molar-refractivity contribution in [3.8, 4) is 0 Å². The van der Waals surface area contributed by atoms with E-state index in [1.54, 1.807) is 12.1 Å². The van der Waals surface area contributed by atoms with E-state index in [0.717, 1.165) is 17.1 Å². The molecule has 1 heterocycles. The molecule has 0 amide bonds. The van der Waals surface area contributed by atoms with Gasteiger partial charge >= 0.3 is 0 Å². The predicted molar refractivity (Wildman–Crippen MR) is 77.5 cm³/mol. The van der Waals surface area contributed by atoms with Crippen LogP contribution < -0.4 is 5.32 Å². The Balaban J connectivity index is 2.02. The highest BCUT2D eigenvalue weighted by atomic mass is 79.9. The number of furan rings is 1. The lowest BCUT2D eigenvalue weighted by atomic mass is 10.1. The SMILES string of the molecule is Cc1cc(C(C)NCc2ccc(F)c(Br)c2)c(C)o1. The number of hydrogen-bond donors (Lipinski definition) is 1. The highest BCUT2D eigenvalue weighted by Gasteiger charge is 2.12. The lowest BCUT2D eigenvalue weighted by Gasteiger charge is -2.13. The van der Waals surface area contributed by atoms with Crippen LogP contribution in [0, 0.1) is 19.7 Å². The molecule has 4 heteroatoms. The minimum Gasteiger partial charge on any atom is -0.466 e. The van der Waals surface area contributed by atoms with Gasteiger partial charge in [0.25, 0.3) is 0 Å². The van der Waals surface area contributed by atoms with Crippen molar-refractivity contribution in [2.24, 2.45) is 0 Å². The third kappa shape index (κ3) is 3.45. The lowest BCUT2D eigenvalue weighted by molar-refractivity contribution is 0.489. The normalized spacial score (nSPS) is 12.7. The van der Waals surface area contributed by atoms with Crippen LogP contribution in [0.1, 0.15) is 35.6 Å². The van der Waals surface area contributed by atoms with E-state index in [1.165, 1.54) is 11.6 Å². The predicted octanol–water partition coefficient (Wildman–Crippen LogP) is 4.65. The Morgan fingerprint density at radius 1 is 1.32 bits per heavy atom. The Morgan fingerprint density at radius 2 is 2.05 bits per heavy atom. The van der Waals surface area contributed by atoms with E-state index < -0.39 is 0 Å². The fourth-order valence-electron chi connectivity index (χ4n) is 2.11. The molecule has 1 aromatic carbocycles. The monoisotopic (exact) mass is 325 g/mol. The van der Waals surface area contributed by atoms with Crippen LogP contribution in [0.5, 0.6) is 0 Å². The molecule has 2 nitrogen and oxygen atoms in total. The summed E-state index contributed by atoms with van der Waals surface area (Å²) in [4.78, 5) is 0. The van der Waals surface area contributed by atoms with Gasteiger partial charge in [-0.25, -0.2) is 4.39 Å². The van der Waals surface area contributed by atoms with Crippen LogP contribution in [0.2, 0.25) is 0 Å². The summed E-state index contributed by atoms with van der Waals surface area (Å²) in [5.41, 5.74) is 2.21. The third-order valence-electron chi connectivity index (χ3n) is 3.14. The lowest BCUT2D eigenvalue weighted by Crippen LogP contribution is -2.18. The molecule has 2 aromatic rings. The van der Waals surface area contributed by atoms with Crippen LogP contribution in [0.15, 0.2) is 33.2 Å². The molecular formula is C15H17BrFNO. The molecule has 0 aliphatic carbocycles. The number of hydrogen-bond acceptors (Lipinski definition) is 2. The molecule has 0 radical (unpaired) electrons. The van der Waals surface area contributed by atoms with Gasteiger partial charge in [-0.3, -0.25) is 0 Å². The van der Waals surface area contributed by atoms with Gasteiger partial charge in [-0.1, -0.05) is 6.07 Å². The third-order valence-corrected chi connectivity index (χ3v) is 3.75. The average Bonchev–Trinajstić information content (AvgIpc) is 2.70. The number of benzene rings is 1.